The molecule has 3 N–H and O–H groups in total. The minimum atomic E-state index is -0.448. The number of aliphatic hydroxyl groups is 1. The molecule has 1 aliphatic carbocycles. The molecular weight excluding hydrogens is 300 g/mol. The summed E-state index contributed by atoms with van der Waals surface area (Å²) in [6.07, 6.45) is 3.21. The molecule has 2 atom stereocenters. The van der Waals surface area contributed by atoms with Crippen LogP contribution in [0.5, 0.6) is 0 Å². The Bertz CT molecular complexity index is 606. The molecule has 2 unspecified atom stereocenters. The zero-order valence-electron chi connectivity index (χ0n) is 13.7. The van der Waals surface area contributed by atoms with Gasteiger partial charge in [0.05, 0.1) is 18.2 Å². The first-order valence-electron chi connectivity index (χ1n) is 8.59. The van der Waals surface area contributed by atoms with Crippen molar-refractivity contribution in [3.8, 4) is 0 Å². The van der Waals surface area contributed by atoms with Crippen LogP contribution in [0.25, 0.3) is 0 Å². The highest BCUT2D eigenvalue weighted by Crippen LogP contribution is 2.22. The number of urea groups is 1. The van der Waals surface area contributed by atoms with Gasteiger partial charge in [0.2, 0.25) is 0 Å². The normalized spacial score (nSPS) is 20.6. The third-order valence-electron chi connectivity index (χ3n) is 4.59. The second-order valence-corrected chi connectivity index (χ2v) is 6.33. The Kier molecular flexibility index (Phi) is 5.49. The summed E-state index contributed by atoms with van der Waals surface area (Å²) in [5.41, 5.74) is 2.06. The lowest BCUT2D eigenvalue weighted by molar-refractivity contribution is 0.0941. The van der Waals surface area contributed by atoms with Crippen LogP contribution in [0.15, 0.2) is 60.7 Å². The fraction of sp³-hybridized carbons (Fsp3) is 0.350. The molecule has 0 saturated heterocycles. The molecule has 0 spiro atoms. The van der Waals surface area contributed by atoms with E-state index in [-0.39, 0.29) is 18.1 Å². The summed E-state index contributed by atoms with van der Waals surface area (Å²) in [5.74, 6) is 0. The zero-order valence-corrected chi connectivity index (χ0v) is 13.7. The molecule has 1 aliphatic rings. The Balaban J connectivity index is 1.73. The molecular formula is C20H24N2O2. The van der Waals surface area contributed by atoms with Crippen LogP contribution in [0.4, 0.5) is 4.79 Å². The van der Waals surface area contributed by atoms with E-state index in [1.807, 2.05) is 60.7 Å². The van der Waals surface area contributed by atoms with Gasteiger partial charge in [0.15, 0.2) is 0 Å². The van der Waals surface area contributed by atoms with Crippen LogP contribution in [-0.4, -0.2) is 23.3 Å². The number of carbonyl (C=O) groups excluding carboxylic acids is 1. The number of hydrogen-bond donors (Lipinski definition) is 3. The van der Waals surface area contributed by atoms with Crippen LogP contribution in [0.2, 0.25) is 0 Å². The van der Waals surface area contributed by atoms with Gasteiger partial charge in [0.1, 0.15) is 0 Å². The molecule has 0 heterocycles. The van der Waals surface area contributed by atoms with E-state index >= 15 is 0 Å². The number of aliphatic hydroxyl groups excluding tert-OH is 1. The molecule has 1 fully saturated rings. The van der Waals surface area contributed by atoms with Crippen LogP contribution in [-0.2, 0) is 0 Å². The predicted octanol–water partition coefficient (Wildman–Crippen LogP) is 3.38. The Morgan fingerprint density at radius 3 is 2.00 bits per heavy atom. The molecule has 0 aliphatic heterocycles. The van der Waals surface area contributed by atoms with Crippen molar-refractivity contribution in [2.75, 3.05) is 0 Å². The van der Waals surface area contributed by atoms with Gasteiger partial charge < -0.3 is 15.7 Å². The van der Waals surface area contributed by atoms with Gasteiger partial charge in [-0.05, 0) is 24.0 Å². The maximum absolute atomic E-state index is 12.5. The fourth-order valence-electron chi connectivity index (χ4n) is 3.27. The SMILES string of the molecule is O=C(NC(c1ccccc1)c1ccccc1)NC1CCCCC1O. The zero-order chi connectivity index (χ0) is 16.8. The van der Waals surface area contributed by atoms with Crippen molar-refractivity contribution < 1.29 is 9.90 Å². The van der Waals surface area contributed by atoms with Crippen LogP contribution in [0, 0.1) is 0 Å². The van der Waals surface area contributed by atoms with Crippen LogP contribution < -0.4 is 10.6 Å². The molecule has 0 aromatic heterocycles. The van der Waals surface area contributed by atoms with E-state index in [1.54, 1.807) is 0 Å². The van der Waals surface area contributed by atoms with Crippen molar-refractivity contribution in [2.24, 2.45) is 0 Å². The van der Waals surface area contributed by atoms with E-state index in [2.05, 4.69) is 10.6 Å². The van der Waals surface area contributed by atoms with Gasteiger partial charge in [-0.15, -0.1) is 0 Å². The van der Waals surface area contributed by atoms with Crippen molar-refractivity contribution in [3.63, 3.8) is 0 Å². The molecule has 2 aromatic rings. The highest BCUT2D eigenvalue weighted by atomic mass is 16.3. The highest BCUT2D eigenvalue weighted by Gasteiger charge is 2.25. The van der Waals surface area contributed by atoms with Crippen molar-refractivity contribution in [3.05, 3.63) is 71.8 Å². The quantitative estimate of drug-likeness (QED) is 0.807. The van der Waals surface area contributed by atoms with Crippen molar-refractivity contribution in [1.29, 1.82) is 0 Å². The minimum absolute atomic E-state index is 0.161. The number of nitrogens with one attached hydrogen (secondary N) is 2. The number of benzene rings is 2. The first kappa shape index (κ1) is 16.5. The number of carbonyl (C=O) groups is 1. The smallest absolute Gasteiger partial charge is 0.315 e. The largest absolute Gasteiger partial charge is 0.391 e. The number of rotatable bonds is 4. The Labute approximate surface area is 142 Å². The van der Waals surface area contributed by atoms with E-state index < -0.39 is 6.10 Å². The monoisotopic (exact) mass is 324 g/mol. The Morgan fingerprint density at radius 1 is 0.917 bits per heavy atom. The second kappa shape index (κ2) is 7.97. The fourth-order valence-corrected chi connectivity index (χ4v) is 3.27. The van der Waals surface area contributed by atoms with E-state index in [0.717, 1.165) is 36.8 Å². The van der Waals surface area contributed by atoms with Gasteiger partial charge in [0.25, 0.3) is 0 Å². The topological polar surface area (TPSA) is 61.4 Å². The van der Waals surface area contributed by atoms with Gasteiger partial charge in [-0.25, -0.2) is 4.79 Å². The first-order chi connectivity index (χ1) is 11.7. The van der Waals surface area contributed by atoms with Gasteiger partial charge >= 0.3 is 6.03 Å². The standard InChI is InChI=1S/C20H24N2O2/c23-18-14-8-7-13-17(18)21-20(24)22-19(15-9-3-1-4-10-15)16-11-5-2-6-12-16/h1-6,9-12,17-19,23H,7-8,13-14H2,(H2,21,22,24). The summed E-state index contributed by atoms with van der Waals surface area (Å²) < 4.78 is 0. The molecule has 24 heavy (non-hydrogen) atoms. The molecule has 1 saturated carbocycles. The van der Waals surface area contributed by atoms with Crippen molar-refractivity contribution in [2.45, 2.75) is 43.9 Å². The predicted molar refractivity (Wildman–Crippen MR) is 94.7 cm³/mol. The highest BCUT2D eigenvalue weighted by molar-refractivity contribution is 5.75. The lowest BCUT2D eigenvalue weighted by Crippen LogP contribution is -2.49. The minimum Gasteiger partial charge on any atom is -0.391 e. The maximum atomic E-state index is 12.5. The van der Waals surface area contributed by atoms with Crippen molar-refractivity contribution >= 4 is 6.03 Å². The average Bonchev–Trinajstić information content (AvgIpc) is 2.63. The first-order valence-corrected chi connectivity index (χ1v) is 8.59. The lowest BCUT2D eigenvalue weighted by Gasteiger charge is -2.29. The molecule has 0 bridgehead atoms. The lowest BCUT2D eigenvalue weighted by atomic mass is 9.93. The molecule has 126 valence electrons. The van der Waals surface area contributed by atoms with Gasteiger partial charge in [-0.2, -0.15) is 0 Å². The van der Waals surface area contributed by atoms with Gasteiger partial charge in [0, 0.05) is 0 Å². The van der Waals surface area contributed by atoms with Gasteiger partial charge in [-0.3, -0.25) is 0 Å². The third-order valence-corrected chi connectivity index (χ3v) is 4.59. The Hall–Kier alpha value is -2.33. The van der Waals surface area contributed by atoms with Gasteiger partial charge in [-0.1, -0.05) is 73.5 Å². The Morgan fingerprint density at radius 2 is 1.46 bits per heavy atom. The molecule has 2 aromatic carbocycles. The van der Waals surface area contributed by atoms with E-state index in [9.17, 15) is 9.90 Å². The number of hydrogen-bond acceptors (Lipinski definition) is 2. The number of amides is 2. The second-order valence-electron chi connectivity index (χ2n) is 6.33. The van der Waals surface area contributed by atoms with E-state index in [1.165, 1.54) is 0 Å². The molecule has 0 radical (unpaired) electrons. The molecule has 2 amide bonds. The average molecular weight is 324 g/mol. The maximum Gasteiger partial charge on any atom is 0.315 e. The summed E-state index contributed by atoms with van der Waals surface area (Å²) in [5, 5.41) is 16.0. The summed E-state index contributed by atoms with van der Waals surface area (Å²) in [6.45, 7) is 0. The molecule has 3 rings (SSSR count). The van der Waals surface area contributed by atoms with Crippen LogP contribution in [0.1, 0.15) is 42.9 Å². The summed E-state index contributed by atoms with van der Waals surface area (Å²) >= 11 is 0. The van der Waals surface area contributed by atoms with E-state index in [4.69, 9.17) is 0 Å². The summed E-state index contributed by atoms with van der Waals surface area (Å²) in [4.78, 5) is 12.5. The summed E-state index contributed by atoms with van der Waals surface area (Å²) in [6, 6.07) is 19.2. The molecule has 4 nitrogen and oxygen atoms in total. The van der Waals surface area contributed by atoms with Crippen molar-refractivity contribution in [1.82, 2.24) is 10.6 Å². The van der Waals surface area contributed by atoms with E-state index in [0.29, 0.717) is 0 Å². The molecule has 4 heteroatoms. The van der Waals surface area contributed by atoms with Crippen LogP contribution >= 0.6 is 0 Å². The summed E-state index contributed by atoms with van der Waals surface area (Å²) in [7, 11) is 0. The van der Waals surface area contributed by atoms with Crippen LogP contribution in [0.3, 0.4) is 0 Å². The third kappa shape index (κ3) is 4.15.